The Bertz CT molecular complexity index is 992. The third-order valence-corrected chi connectivity index (χ3v) is 6.29. The number of imide groups is 1. The van der Waals surface area contributed by atoms with Crippen LogP contribution in [0.4, 0.5) is 5.69 Å². The molecule has 0 radical (unpaired) electrons. The molecule has 0 bridgehead atoms. The summed E-state index contributed by atoms with van der Waals surface area (Å²) in [5.74, 6) is -0.411. The molecule has 1 unspecified atom stereocenters. The number of hydrogen-bond donors (Lipinski definition) is 2. The highest BCUT2D eigenvalue weighted by molar-refractivity contribution is 6.27. The van der Waals surface area contributed by atoms with E-state index in [4.69, 9.17) is 0 Å². The van der Waals surface area contributed by atoms with Gasteiger partial charge in [-0.25, -0.2) is 0 Å². The number of nitrogens with zero attached hydrogens (tertiary/aromatic N) is 1. The molecule has 144 valence electrons. The third kappa shape index (κ3) is 2.63. The van der Waals surface area contributed by atoms with Crippen molar-refractivity contribution in [3.05, 3.63) is 41.5 Å². The average Bonchev–Trinajstić information content (AvgIpc) is 2.87. The molecule has 3 amide bonds. The Balaban J connectivity index is 1.62. The second-order valence-corrected chi connectivity index (χ2v) is 7.92. The summed E-state index contributed by atoms with van der Waals surface area (Å²) < 4.78 is 0. The zero-order chi connectivity index (χ0) is 19.3. The number of carbonyl (C=O) groups is 3. The van der Waals surface area contributed by atoms with Crippen molar-refractivity contribution in [2.45, 2.75) is 44.1 Å². The minimum Gasteiger partial charge on any atom is -0.317 e. The highest BCUT2D eigenvalue weighted by Crippen LogP contribution is 2.44. The molecule has 2 N–H and O–H groups in total. The van der Waals surface area contributed by atoms with Crippen molar-refractivity contribution in [2.24, 2.45) is 0 Å². The summed E-state index contributed by atoms with van der Waals surface area (Å²) in [6.45, 7) is 1.97. The number of amides is 3. The summed E-state index contributed by atoms with van der Waals surface area (Å²) in [4.78, 5) is 39.3. The van der Waals surface area contributed by atoms with Crippen LogP contribution in [0.1, 0.15) is 53.9 Å². The molecule has 3 aliphatic rings. The molecule has 3 aliphatic heterocycles. The van der Waals surface area contributed by atoms with Crippen LogP contribution < -0.4 is 15.5 Å². The lowest BCUT2D eigenvalue weighted by Gasteiger charge is -2.30. The first-order chi connectivity index (χ1) is 13.6. The van der Waals surface area contributed by atoms with Gasteiger partial charge in [-0.2, -0.15) is 0 Å². The minimum atomic E-state index is -0.633. The minimum absolute atomic E-state index is 0.103. The van der Waals surface area contributed by atoms with E-state index in [0.717, 1.165) is 59.9 Å². The SMILES string of the molecule is O=C1CCC(N2C(=O)c3c([C@H]4CCCNCC4)ccc4cccc2c34)C(=O)N1. The van der Waals surface area contributed by atoms with Gasteiger partial charge in [0.2, 0.25) is 11.8 Å². The van der Waals surface area contributed by atoms with Crippen LogP contribution >= 0.6 is 0 Å². The van der Waals surface area contributed by atoms with E-state index in [0.29, 0.717) is 12.3 Å². The molecule has 5 rings (SSSR count). The van der Waals surface area contributed by atoms with E-state index in [1.807, 2.05) is 18.2 Å². The van der Waals surface area contributed by atoms with Crippen molar-refractivity contribution in [3.8, 4) is 0 Å². The molecule has 0 saturated carbocycles. The summed E-state index contributed by atoms with van der Waals surface area (Å²) in [5.41, 5.74) is 2.65. The number of hydrogen-bond acceptors (Lipinski definition) is 4. The maximum Gasteiger partial charge on any atom is 0.260 e. The molecule has 0 spiro atoms. The average molecular weight is 377 g/mol. The van der Waals surface area contributed by atoms with Gasteiger partial charge in [0.05, 0.1) is 11.3 Å². The van der Waals surface area contributed by atoms with Gasteiger partial charge in [0.15, 0.2) is 0 Å². The highest BCUT2D eigenvalue weighted by atomic mass is 16.2. The Morgan fingerprint density at radius 2 is 1.86 bits per heavy atom. The predicted molar refractivity (Wildman–Crippen MR) is 106 cm³/mol. The first-order valence-corrected chi connectivity index (χ1v) is 10.1. The molecule has 2 aromatic rings. The number of nitrogens with one attached hydrogen (secondary N) is 2. The van der Waals surface area contributed by atoms with E-state index in [9.17, 15) is 14.4 Å². The largest absolute Gasteiger partial charge is 0.317 e. The maximum absolute atomic E-state index is 13.6. The van der Waals surface area contributed by atoms with E-state index in [1.165, 1.54) is 0 Å². The normalized spacial score (nSPS) is 25.1. The molecule has 0 aliphatic carbocycles. The first kappa shape index (κ1) is 17.4. The van der Waals surface area contributed by atoms with Gasteiger partial charge in [0, 0.05) is 11.8 Å². The number of piperidine rings is 1. The fraction of sp³-hybridized carbons (Fsp3) is 0.409. The van der Waals surface area contributed by atoms with E-state index in [2.05, 4.69) is 22.8 Å². The van der Waals surface area contributed by atoms with Gasteiger partial charge in [-0.1, -0.05) is 24.3 Å². The van der Waals surface area contributed by atoms with Gasteiger partial charge < -0.3 is 5.32 Å². The molecule has 6 nitrogen and oxygen atoms in total. The molecule has 0 aromatic heterocycles. The van der Waals surface area contributed by atoms with Crippen LogP contribution in [0, 0.1) is 0 Å². The standard InChI is InChI=1S/C22H23N3O3/c26-18-9-8-17(21(27)24-18)25-16-5-1-3-14-6-7-15(20(19(14)16)22(25)28)13-4-2-11-23-12-10-13/h1,3,5-7,13,17,23H,2,4,8-12H2,(H,24,26,27)/t13-,17?/m0/s1. The molecule has 2 aromatic carbocycles. The van der Waals surface area contributed by atoms with E-state index >= 15 is 0 Å². The van der Waals surface area contributed by atoms with Crippen molar-refractivity contribution in [2.75, 3.05) is 18.0 Å². The molecule has 3 heterocycles. The Labute approximate surface area is 163 Å². The van der Waals surface area contributed by atoms with Gasteiger partial charge in [0.1, 0.15) is 6.04 Å². The number of benzene rings is 2. The van der Waals surface area contributed by atoms with Crippen LogP contribution in [0.2, 0.25) is 0 Å². The molecule has 2 saturated heterocycles. The molecular weight excluding hydrogens is 354 g/mol. The fourth-order valence-corrected chi connectivity index (χ4v) is 4.95. The second-order valence-electron chi connectivity index (χ2n) is 7.92. The van der Waals surface area contributed by atoms with Gasteiger partial charge in [-0.3, -0.25) is 24.6 Å². The van der Waals surface area contributed by atoms with Crippen molar-refractivity contribution >= 4 is 34.2 Å². The monoisotopic (exact) mass is 377 g/mol. The molecule has 6 heteroatoms. The van der Waals surface area contributed by atoms with Crippen molar-refractivity contribution in [1.29, 1.82) is 0 Å². The van der Waals surface area contributed by atoms with Crippen LogP contribution in [0.25, 0.3) is 10.8 Å². The Morgan fingerprint density at radius 3 is 2.71 bits per heavy atom. The number of carbonyl (C=O) groups excluding carboxylic acids is 3. The third-order valence-electron chi connectivity index (χ3n) is 6.29. The van der Waals surface area contributed by atoms with E-state index < -0.39 is 6.04 Å². The van der Waals surface area contributed by atoms with Gasteiger partial charge in [-0.05, 0) is 61.7 Å². The Morgan fingerprint density at radius 1 is 0.964 bits per heavy atom. The van der Waals surface area contributed by atoms with Gasteiger partial charge in [0.25, 0.3) is 5.91 Å². The maximum atomic E-state index is 13.6. The topological polar surface area (TPSA) is 78.5 Å². The summed E-state index contributed by atoms with van der Waals surface area (Å²) in [6.07, 6.45) is 3.78. The predicted octanol–water partition coefficient (Wildman–Crippen LogP) is 2.46. The highest BCUT2D eigenvalue weighted by Gasteiger charge is 2.42. The van der Waals surface area contributed by atoms with Crippen LogP contribution in [-0.4, -0.2) is 36.9 Å². The molecule has 2 fully saturated rings. The van der Waals surface area contributed by atoms with E-state index in [1.54, 1.807) is 4.90 Å². The summed E-state index contributed by atoms with van der Waals surface area (Å²) in [5, 5.41) is 7.80. The quantitative estimate of drug-likeness (QED) is 0.788. The lowest BCUT2D eigenvalue weighted by atomic mass is 9.86. The second kappa shape index (κ2) is 6.71. The lowest BCUT2D eigenvalue weighted by molar-refractivity contribution is -0.134. The van der Waals surface area contributed by atoms with Crippen molar-refractivity contribution in [1.82, 2.24) is 10.6 Å². The van der Waals surface area contributed by atoms with Crippen LogP contribution in [0.15, 0.2) is 30.3 Å². The fourth-order valence-electron chi connectivity index (χ4n) is 4.95. The van der Waals surface area contributed by atoms with Gasteiger partial charge in [-0.15, -0.1) is 0 Å². The smallest absolute Gasteiger partial charge is 0.260 e. The van der Waals surface area contributed by atoms with Crippen LogP contribution in [0.5, 0.6) is 0 Å². The van der Waals surface area contributed by atoms with Gasteiger partial charge >= 0.3 is 0 Å². The van der Waals surface area contributed by atoms with E-state index in [-0.39, 0.29) is 24.1 Å². The van der Waals surface area contributed by atoms with Crippen molar-refractivity contribution < 1.29 is 14.4 Å². The molecular formula is C22H23N3O3. The Hall–Kier alpha value is -2.73. The van der Waals surface area contributed by atoms with Crippen LogP contribution in [-0.2, 0) is 9.59 Å². The molecule has 2 atom stereocenters. The summed E-state index contributed by atoms with van der Waals surface area (Å²) in [6, 6.07) is 9.42. The number of rotatable bonds is 2. The summed E-state index contributed by atoms with van der Waals surface area (Å²) >= 11 is 0. The zero-order valence-corrected chi connectivity index (χ0v) is 15.7. The Kier molecular flexibility index (Phi) is 4.16. The van der Waals surface area contributed by atoms with Crippen molar-refractivity contribution in [3.63, 3.8) is 0 Å². The molecule has 28 heavy (non-hydrogen) atoms. The number of anilines is 1. The first-order valence-electron chi connectivity index (χ1n) is 10.1. The zero-order valence-electron chi connectivity index (χ0n) is 15.7. The lowest BCUT2D eigenvalue weighted by Crippen LogP contribution is -2.53. The van der Waals surface area contributed by atoms with Crippen LogP contribution in [0.3, 0.4) is 0 Å². The summed E-state index contributed by atoms with van der Waals surface area (Å²) in [7, 11) is 0.